The maximum absolute atomic E-state index is 12.9. The average Bonchev–Trinajstić information content (AvgIpc) is 2.92. The van der Waals surface area contributed by atoms with E-state index in [-0.39, 0.29) is 17.1 Å². The molecule has 4 rings (SSSR count). The molecule has 4 heteroatoms. The summed E-state index contributed by atoms with van der Waals surface area (Å²) in [5.41, 5.74) is 0.755. The number of rotatable bonds is 1. The molecule has 1 aromatic carbocycles. The molecule has 1 aliphatic heterocycles. The minimum atomic E-state index is -4.29. The summed E-state index contributed by atoms with van der Waals surface area (Å²) in [5.74, 6) is 1.17. The zero-order valence-corrected chi connectivity index (χ0v) is 16.8. The van der Waals surface area contributed by atoms with Gasteiger partial charge in [-0.15, -0.1) is 0 Å². The number of alkyl halides is 3. The summed E-state index contributed by atoms with van der Waals surface area (Å²) in [7, 11) is 0. The summed E-state index contributed by atoms with van der Waals surface area (Å²) in [4.78, 5) is 0. The standard InChI is InChI=1S/C23H31F3O/c1-20(2)11-5-12-21(3)18(20)10-13-22(4)19(21)14-17(27-22)15-6-8-16(9-7-15)23(24,25)26/h6-9,17-19H,5,10-14H2,1-4H3/t17-,18-,19?,21-,22+/m0/s1. The summed E-state index contributed by atoms with van der Waals surface area (Å²) in [6.45, 7) is 9.53. The molecule has 0 aromatic heterocycles. The highest BCUT2D eigenvalue weighted by molar-refractivity contribution is 5.28. The van der Waals surface area contributed by atoms with Crippen LogP contribution >= 0.6 is 0 Å². The van der Waals surface area contributed by atoms with E-state index in [0.29, 0.717) is 17.3 Å². The molecular formula is C23H31F3O. The molecule has 5 atom stereocenters. The van der Waals surface area contributed by atoms with Gasteiger partial charge in [0.25, 0.3) is 0 Å². The van der Waals surface area contributed by atoms with Crippen molar-refractivity contribution in [3.63, 3.8) is 0 Å². The first-order chi connectivity index (χ1) is 12.5. The van der Waals surface area contributed by atoms with E-state index in [4.69, 9.17) is 4.74 Å². The van der Waals surface area contributed by atoms with Crippen LogP contribution in [0.15, 0.2) is 24.3 Å². The van der Waals surface area contributed by atoms with Crippen molar-refractivity contribution in [1.82, 2.24) is 0 Å². The largest absolute Gasteiger partial charge is 0.416 e. The molecule has 3 aliphatic rings. The molecule has 0 N–H and O–H groups in total. The van der Waals surface area contributed by atoms with Gasteiger partial charge in [-0.25, -0.2) is 0 Å². The average molecular weight is 380 g/mol. The van der Waals surface area contributed by atoms with Crippen LogP contribution in [-0.4, -0.2) is 5.60 Å². The molecule has 0 amide bonds. The minimum Gasteiger partial charge on any atom is -0.367 e. The maximum Gasteiger partial charge on any atom is 0.416 e. The molecule has 2 aliphatic carbocycles. The number of hydrogen-bond donors (Lipinski definition) is 0. The quantitative estimate of drug-likeness (QED) is 0.502. The van der Waals surface area contributed by atoms with Crippen molar-refractivity contribution in [3.8, 4) is 0 Å². The monoisotopic (exact) mass is 380 g/mol. The van der Waals surface area contributed by atoms with E-state index in [9.17, 15) is 13.2 Å². The van der Waals surface area contributed by atoms with E-state index in [2.05, 4.69) is 27.7 Å². The van der Waals surface area contributed by atoms with Gasteiger partial charge in [0.1, 0.15) is 0 Å². The Hall–Kier alpha value is -1.03. The summed E-state index contributed by atoms with van der Waals surface area (Å²) in [6.07, 6.45) is 2.58. The van der Waals surface area contributed by atoms with Gasteiger partial charge < -0.3 is 4.74 Å². The first kappa shape index (κ1) is 19.3. The predicted octanol–water partition coefficient (Wildman–Crippen LogP) is 7.17. The topological polar surface area (TPSA) is 9.23 Å². The number of ether oxygens (including phenoxy) is 1. The fraction of sp³-hybridized carbons (Fsp3) is 0.739. The van der Waals surface area contributed by atoms with Crippen molar-refractivity contribution in [2.24, 2.45) is 22.7 Å². The molecular weight excluding hydrogens is 349 g/mol. The number of fused-ring (bicyclic) bond motifs is 3. The third-order valence-corrected chi connectivity index (χ3v) is 8.21. The second-order valence-corrected chi connectivity index (χ2v) is 10.3. The highest BCUT2D eigenvalue weighted by Crippen LogP contribution is 2.67. The van der Waals surface area contributed by atoms with Crippen molar-refractivity contribution in [2.45, 2.75) is 84.1 Å². The second kappa shape index (κ2) is 5.98. The van der Waals surface area contributed by atoms with Crippen LogP contribution in [0.4, 0.5) is 13.2 Å². The number of hydrogen-bond acceptors (Lipinski definition) is 1. The van der Waals surface area contributed by atoms with Crippen LogP contribution in [-0.2, 0) is 10.9 Å². The molecule has 1 saturated heterocycles. The summed E-state index contributed by atoms with van der Waals surface area (Å²) >= 11 is 0. The van der Waals surface area contributed by atoms with Crippen molar-refractivity contribution in [2.75, 3.05) is 0 Å². The van der Waals surface area contributed by atoms with E-state index in [0.717, 1.165) is 18.4 Å². The maximum atomic E-state index is 12.9. The predicted molar refractivity (Wildman–Crippen MR) is 100 cm³/mol. The zero-order valence-electron chi connectivity index (χ0n) is 16.8. The Kier molecular flexibility index (Phi) is 4.28. The summed E-state index contributed by atoms with van der Waals surface area (Å²) in [5, 5.41) is 0. The Bertz CT molecular complexity index is 707. The lowest BCUT2D eigenvalue weighted by Gasteiger charge is -2.60. The van der Waals surface area contributed by atoms with Gasteiger partial charge >= 0.3 is 6.18 Å². The molecule has 1 unspecified atom stereocenters. The van der Waals surface area contributed by atoms with Gasteiger partial charge in [0.15, 0.2) is 0 Å². The molecule has 2 saturated carbocycles. The van der Waals surface area contributed by atoms with Gasteiger partial charge in [-0.05, 0) is 79.4 Å². The molecule has 0 spiro atoms. The molecule has 3 fully saturated rings. The molecule has 1 aromatic rings. The lowest BCUT2D eigenvalue weighted by atomic mass is 9.45. The molecule has 1 heterocycles. The molecule has 27 heavy (non-hydrogen) atoms. The fourth-order valence-corrected chi connectivity index (χ4v) is 6.94. The summed E-state index contributed by atoms with van der Waals surface area (Å²) in [6, 6.07) is 5.60. The van der Waals surface area contributed by atoms with E-state index in [1.54, 1.807) is 12.1 Å². The molecule has 0 bridgehead atoms. The van der Waals surface area contributed by atoms with Crippen molar-refractivity contribution in [3.05, 3.63) is 35.4 Å². The normalized spacial score (nSPS) is 41.1. The van der Waals surface area contributed by atoms with E-state index < -0.39 is 11.7 Å². The summed E-state index contributed by atoms with van der Waals surface area (Å²) < 4.78 is 45.2. The van der Waals surface area contributed by atoms with Gasteiger partial charge in [-0.3, -0.25) is 0 Å². The highest BCUT2D eigenvalue weighted by Gasteiger charge is 2.62. The van der Waals surface area contributed by atoms with Gasteiger partial charge in [0.05, 0.1) is 17.3 Å². The fourth-order valence-electron chi connectivity index (χ4n) is 6.94. The van der Waals surface area contributed by atoms with E-state index in [1.807, 2.05) is 0 Å². The zero-order chi connectivity index (χ0) is 19.7. The Morgan fingerprint density at radius 3 is 2.22 bits per heavy atom. The van der Waals surface area contributed by atoms with Gasteiger partial charge in [0.2, 0.25) is 0 Å². The SMILES string of the molecule is CC1(C)CCC[C@]2(C)C3C[C@@H](c4ccc(C(F)(F)F)cc4)O[C@]3(C)CC[C@@H]12. The van der Waals surface area contributed by atoms with E-state index >= 15 is 0 Å². The number of halogens is 3. The molecule has 150 valence electrons. The minimum absolute atomic E-state index is 0.0945. The third kappa shape index (κ3) is 3.03. The van der Waals surface area contributed by atoms with Crippen LogP contribution in [0.1, 0.15) is 83.5 Å². The van der Waals surface area contributed by atoms with Crippen LogP contribution < -0.4 is 0 Å². The lowest BCUT2D eigenvalue weighted by Crippen LogP contribution is -2.55. The first-order valence-electron chi connectivity index (χ1n) is 10.3. The van der Waals surface area contributed by atoms with Crippen LogP contribution in [0.2, 0.25) is 0 Å². The smallest absolute Gasteiger partial charge is 0.367 e. The Morgan fingerprint density at radius 2 is 1.59 bits per heavy atom. The van der Waals surface area contributed by atoms with Gasteiger partial charge in [-0.2, -0.15) is 13.2 Å². The highest BCUT2D eigenvalue weighted by atomic mass is 19.4. The molecule has 0 radical (unpaired) electrons. The van der Waals surface area contributed by atoms with Crippen molar-refractivity contribution < 1.29 is 17.9 Å². The van der Waals surface area contributed by atoms with Crippen LogP contribution in [0.3, 0.4) is 0 Å². The number of benzene rings is 1. The first-order valence-corrected chi connectivity index (χ1v) is 10.3. The van der Waals surface area contributed by atoms with Gasteiger partial charge in [0, 0.05) is 0 Å². The lowest BCUT2D eigenvalue weighted by molar-refractivity contribution is -0.155. The third-order valence-electron chi connectivity index (χ3n) is 8.21. The van der Waals surface area contributed by atoms with E-state index in [1.165, 1.54) is 37.8 Å². The second-order valence-electron chi connectivity index (χ2n) is 10.3. The Morgan fingerprint density at radius 1 is 0.926 bits per heavy atom. The van der Waals surface area contributed by atoms with Crippen LogP contribution in [0, 0.1) is 22.7 Å². The van der Waals surface area contributed by atoms with Crippen molar-refractivity contribution in [1.29, 1.82) is 0 Å². The van der Waals surface area contributed by atoms with Gasteiger partial charge in [-0.1, -0.05) is 39.3 Å². The van der Waals surface area contributed by atoms with Crippen LogP contribution in [0.5, 0.6) is 0 Å². The Balaban J connectivity index is 1.61. The molecule has 1 nitrogen and oxygen atoms in total. The van der Waals surface area contributed by atoms with Crippen molar-refractivity contribution >= 4 is 0 Å². The van der Waals surface area contributed by atoms with Crippen LogP contribution in [0.25, 0.3) is 0 Å². The Labute approximate surface area is 160 Å².